The average molecular weight is 264 g/mol. The van der Waals surface area contributed by atoms with Gasteiger partial charge < -0.3 is 0 Å². The van der Waals surface area contributed by atoms with Gasteiger partial charge in [-0.1, -0.05) is 0 Å². The lowest BCUT2D eigenvalue weighted by Gasteiger charge is -2.21. The van der Waals surface area contributed by atoms with Gasteiger partial charge in [-0.05, 0) is 50.3 Å². The van der Waals surface area contributed by atoms with E-state index in [1.165, 1.54) is 9.26 Å². The molecule has 0 saturated carbocycles. The van der Waals surface area contributed by atoms with Crippen LogP contribution in [-0.4, -0.2) is 9.78 Å². The molecule has 0 aromatic carbocycles. The van der Waals surface area contributed by atoms with Crippen molar-refractivity contribution >= 4 is 22.6 Å². The van der Waals surface area contributed by atoms with Crippen molar-refractivity contribution in [2.75, 3.05) is 0 Å². The first-order chi connectivity index (χ1) is 4.93. The van der Waals surface area contributed by atoms with E-state index in [2.05, 4.69) is 60.1 Å². The predicted octanol–water partition coefficient (Wildman–Crippen LogP) is 2.55. The van der Waals surface area contributed by atoms with Crippen LogP contribution in [0.25, 0.3) is 0 Å². The van der Waals surface area contributed by atoms with E-state index in [9.17, 15) is 0 Å². The Hall–Kier alpha value is -0.0600. The van der Waals surface area contributed by atoms with Crippen molar-refractivity contribution in [2.24, 2.45) is 0 Å². The zero-order valence-electron chi connectivity index (χ0n) is 7.35. The van der Waals surface area contributed by atoms with Gasteiger partial charge in [-0.2, -0.15) is 5.10 Å². The van der Waals surface area contributed by atoms with Crippen molar-refractivity contribution in [1.29, 1.82) is 0 Å². The molecule has 0 saturated heterocycles. The Morgan fingerprint density at radius 1 is 1.45 bits per heavy atom. The van der Waals surface area contributed by atoms with Crippen LogP contribution in [0.4, 0.5) is 0 Å². The highest BCUT2D eigenvalue weighted by atomic mass is 127. The van der Waals surface area contributed by atoms with Gasteiger partial charge in [0.05, 0.1) is 15.3 Å². The minimum Gasteiger partial charge on any atom is -0.264 e. The summed E-state index contributed by atoms with van der Waals surface area (Å²) in [4.78, 5) is 0. The summed E-state index contributed by atoms with van der Waals surface area (Å²) in [5.41, 5.74) is 1.35. The summed E-state index contributed by atoms with van der Waals surface area (Å²) in [6.07, 6.45) is 1.90. The summed E-state index contributed by atoms with van der Waals surface area (Å²) in [6.45, 7) is 8.56. The highest BCUT2D eigenvalue weighted by Gasteiger charge is 2.16. The molecule has 0 amide bonds. The van der Waals surface area contributed by atoms with Crippen LogP contribution in [0, 0.1) is 10.5 Å². The van der Waals surface area contributed by atoms with Gasteiger partial charge >= 0.3 is 0 Å². The van der Waals surface area contributed by atoms with Crippen LogP contribution >= 0.6 is 22.6 Å². The van der Waals surface area contributed by atoms with Crippen LogP contribution < -0.4 is 0 Å². The van der Waals surface area contributed by atoms with Crippen molar-refractivity contribution in [1.82, 2.24) is 9.78 Å². The van der Waals surface area contributed by atoms with Gasteiger partial charge in [0.15, 0.2) is 0 Å². The largest absolute Gasteiger partial charge is 0.264 e. The molecule has 1 aromatic rings. The second kappa shape index (κ2) is 2.77. The maximum absolute atomic E-state index is 4.30. The minimum atomic E-state index is 0.105. The molecule has 0 aliphatic rings. The third-order valence-electron chi connectivity index (χ3n) is 1.59. The molecule has 0 bridgehead atoms. The van der Waals surface area contributed by atoms with Crippen molar-refractivity contribution in [3.05, 3.63) is 15.5 Å². The fourth-order valence-electron chi connectivity index (χ4n) is 1.07. The Bertz CT molecular complexity index is 258. The third-order valence-corrected chi connectivity index (χ3v) is 2.64. The molecule has 0 N–H and O–H groups in total. The summed E-state index contributed by atoms with van der Waals surface area (Å²) in [6, 6.07) is 0. The molecule has 2 nitrogen and oxygen atoms in total. The van der Waals surface area contributed by atoms with E-state index >= 15 is 0 Å². The topological polar surface area (TPSA) is 17.8 Å². The summed E-state index contributed by atoms with van der Waals surface area (Å²) < 4.78 is 3.28. The highest BCUT2D eigenvalue weighted by Crippen LogP contribution is 2.18. The Kier molecular flexibility index (Phi) is 2.27. The standard InChI is InChI=1S/C8H13IN2/c1-6-7(9)5-10-11(6)8(2,3)4/h5H,1-4H3. The Balaban J connectivity index is 3.15. The summed E-state index contributed by atoms with van der Waals surface area (Å²) in [5.74, 6) is 0. The quantitative estimate of drug-likeness (QED) is 0.658. The molecule has 3 heteroatoms. The van der Waals surface area contributed by atoms with Gasteiger partial charge in [0.25, 0.3) is 0 Å². The maximum atomic E-state index is 4.30. The predicted molar refractivity (Wildman–Crippen MR) is 54.7 cm³/mol. The number of rotatable bonds is 0. The molecular weight excluding hydrogens is 251 g/mol. The molecule has 0 unspecified atom stereocenters. The second-order valence-electron chi connectivity index (χ2n) is 3.66. The zero-order chi connectivity index (χ0) is 8.65. The number of hydrogen-bond donors (Lipinski definition) is 0. The molecule has 0 aliphatic heterocycles. The van der Waals surface area contributed by atoms with E-state index in [-0.39, 0.29) is 5.54 Å². The van der Waals surface area contributed by atoms with Crippen LogP contribution in [-0.2, 0) is 5.54 Å². The lowest BCUT2D eigenvalue weighted by Crippen LogP contribution is -2.24. The normalized spacial score (nSPS) is 12.1. The fourth-order valence-corrected chi connectivity index (χ4v) is 1.42. The lowest BCUT2D eigenvalue weighted by atomic mass is 10.1. The number of hydrogen-bond acceptors (Lipinski definition) is 1. The molecule has 1 rings (SSSR count). The van der Waals surface area contributed by atoms with Crippen LogP contribution in [0.15, 0.2) is 6.20 Å². The van der Waals surface area contributed by atoms with E-state index in [0.29, 0.717) is 0 Å². The molecular formula is C8H13IN2. The molecule has 0 radical (unpaired) electrons. The molecule has 11 heavy (non-hydrogen) atoms. The van der Waals surface area contributed by atoms with Gasteiger partial charge in [0, 0.05) is 5.69 Å². The summed E-state index contributed by atoms with van der Waals surface area (Å²) in [7, 11) is 0. The molecule has 0 fully saturated rings. The van der Waals surface area contributed by atoms with Crippen LogP contribution in [0.2, 0.25) is 0 Å². The second-order valence-corrected chi connectivity index (χ2v) is 4.82. The fraction of sp³-hybridized carbons (Fsp3) is 0.625. The summed E-state index contributed by atoms with van der Waals surface area (Å²) >= 11 is 2.30. The number of nitrogens with zero attached hydrogens (tertiary/aromatic N) is 2. The van der Waals surface area contributed by atoms with Crippen molar-refractivity contribution in [2.45, 2.75) is 33.2 Å². The monoisotopic (exact) mass is 264 g/mol. The summed E-state index contributed by atoms with van der Waals surface area (Å²) in [5, 5.41) is 4.30. The van der Waals surface area contributed by atoms with Gasteiger partial charge in [-0.15, -0.1) is 0 Å². The van der Waals surface area contributed by atoms with Crippen molar-refractivity contribution in [3.63, 3.8) is 0 Å². The van der Waals surface area contributed by atoms with E-state index < -0.39 is 0 Å². The first-order valence-electron chi connectivity index (χ1n) is 3.63. The molecule has 1 heterocycles. The molecule has 0 atom stereocenters. The van der Waals surface area contributed by atoms with Crippen LogP contribution in [0.3, 0.4) is 0 Å². The van der Waals surface area contributed by atoms with Crippen molar-refractivity contribution < 1.29 is 0 Å². The molecule has 0 spiro atoms. The highest BCUT2D eigenvalue weighted by molar-refractivity contribution is 14.1. The zero-order valence-corrected chi connectivity index (χ0v) is 9.51. The Morgan fingerprint density at radius 2 is 2.00 bits per heavy atom. The first kappa shape index (κ1) is 9.03. The third kappa shape index (κ3) is 1.75. The van der Waals surface area contributed by atoms with Gasteiger partial charge in [0.1, 0.15) is 0 Å². The average Bonchev–Trinajstić information content (AvgIpc) is 2.11. The smallest absolute Gasteiger partial charge is 0.0626 e. The number of aromatic nitrogens is 2. The van der Waals surface area contributed by atoms with Crippen LogP contribution in [0.5, 0.6) is 0 Å². The van der Waals surface area contributed by atoms with Gasteiger partial charge in [-0.25, -0.2) is 0 Å². The Labute approximate surface area is 81.1 Å². The van der Waals surface area contributed by atoms with E-state index in [4.69, 9.17) is 0 Å². The van der Waals surface area contributed by atoms with Gasteiger partial charge in [-0.3, -0.25) is 4.68 Å². The first-order valence-corrected chi connectivity index (χ1v) is 4.71. The van der Waals surface area contributed by atoms with E-state index in [0.717, 1.165) is 0 Å². The minimum absolute atomic E-state index is 0.105. The maximum Gasteiger partial charge on any atom is 0.0626 e. The van der Waals surface area contributed by atoms with Crippen LogP contribution in [0.1, 0.15) is 26.5 Å². The SMILES string of the molecule is Cc1c(I)cnn1C(C)(C)C. The van der Waals surface area contributed by atoms with Gasteiger partial charge in [0.2, 0.25) is 0 Å². The van der Waals surface area contributed by atoms with Crippen molar-refractivity contribution in [3.8, 4) is 0 Å². The molecule has 62 valence electrons. The number of halogens is 1. The lowest BCUT2D eigenvalue weighted by molar-refractivity contribution is 0.347. The van der Waals surface area contributed by atoms with E-state index in [1.807, 2.05) is 6.20 Å². The molecule has 0 aliphatic carbocycles. The molecule has 1 aromatic heterocycles. The Morgan fingerprint density at radius 3 is 2.18 bits per heavy atom. The van der Waals surface area contributed by atoms with E-state index in [1.54, 1.807) is 0 Å².